The number of nitrogens with one attached hydrogen (secondary N) is 3. The second kappa shape index (κ2) is 12.0. The van der Waals surface area contributed by atoms with E-state index in [2.05, 4.69) is 21.2 Å². The average Bonchev–Trinajstić information content (AvgIpc) is 2.68. The van der Waals surface area contributed by atoms with Gasteiger partial charge < -0.3 is 26.2 Å². The number of hydrogen-bond donors (Lipinski definition) is 5. The van der Waals surface area contributed by atoms with E-state index in [1.165, 1.54) is 24.3 Å². The molecule has 13 heteroatoms. The first-order valence-corrected chi connectivity index (χ1v) is 9.47. The second-order valence-electron chi connectivity index (χ2n) is 7.15. The normalized spacial score (nSPS) is 12.2. The van der Waals surface area contributed by atoms with Crippen molar-refractivity contribution in [2.75, 3.05) is 16.9 Å². The number of nitroso groups, excluding NO2 is 1. The van der Waals surface area contributed by atoms with Crippen LogP contribution < -0.4 is 21.0 Å². The minimum absolute atomic E-state index is 0.123. The van der Waals surface area contributed by atoms with E-state index in [-0.39, 0.29) is 11.4 Å². The number of carboxylic acids is 2. The molecule has 0 unspecified atom stereocenters. The fourth-order valence-electron chi connectivity index (χ4n) is 2.68. The van der Waals surface area contributed by atoms with E-state index in [1.807, 2.05) is 0 Å². The summed E-state index contributed by atoms with van der Waals surface area (Å²) in [4.78, 5) is 69.3. The van der Waals surface area contributed by atoms with Crippen LogP contribution in [0, 0.1) is 10.8 Å². The summed E-state index contributed by atoms with van der Waals surface area (Å²) < 4.78 is 0. The van der Waals surface area contributed by atoms with E-state index in [0.29, 0.717) is 5.01 Å². The van der Waals surface area contributed by atoms with Gasteiger partial charge in [0.15, 0.2) is 0 Å². The molecule has 2 atom stereocenters. The lowest BCUT2D eigenvalue weighted by atomic mass is 10.0. The second-order valence-corrected chi connectivity index (χ2v) is 7.15. The molecular weight excluding hydrogens is 426 g/mol. The van der Waals surface area contributed by atoms with Crippen molar-refractivity contribution in [1.82, 2.24) is 10.6 Å². The Balaban J connectivity index is 3.00. The Labute approximate surface area is 183 Å². The largest absolute Gasteiger partial charge is 0.481 e. The van der Waals surface area contributed by atoms with Crippen LogP contribution in [0.3, 0.4) is 0 Å². The maximum Gasteiger partial charge on any atom is 0.325 e. The molecule has 13 nitrogen and oxygen atoms in total. The van der Waals surface area contributed by atoms with Crippen LogP contribution in [0.2, 0.25) is 0 Å². The number of hydrogen-bond acceptors (Lipinski definition) is 7. The molecule has 5 N–H and O–H groups in total. The maximum absolute atomic E-state index is 12.8. The van der Waals surface area contributed by atoms with Crippen LogP contribution in [0.1, 0.15) is 27.2 Å². The zero-order chi connectivity index (χ0) is 24.4. The van der Waals surface area contributed by atoms with Gasteiger partial charge in [0.1, 0.15) is 18.6 Å². The predicted molar refractivity (Wildman–Crippen MR) is 112 cm³/mol. The number of rotatable bonds is 12. The quantitative estimate of drug-likeness (QED) is 0.220. The Morgan fingerprint density at radius 2 is 1.69 bits per heavy atom. The van der Waals surface area contributed by atoms with E-state index >= 15 is 0 Å². The summed E-state index contributed by atoms with van der Waals surface area (Å²) in [5, 5.41) is 28.3. The summed E-state index contributed by atoms with van der Waals surface area (Å²) in [5.74, 6) is -5.10. The monoisotopic (exact) mass is 451 g/mol. The van der Waals surface area contributed by atoms with E-state index in [4.69, 9.17) is 10.2 Å². The van der Waals surface area contributed by atoms with Gasteiger partial charge in [-0.3, -0.25) is 24.0 Å². The number of carbonyl (C=O) groups is 5. The number of nitrogens with zero attached hydrogens (tertiary/aromatic N) is 2. The molecule has 0 aliphatic heterocycles. The van der Waals surface area contributed by atoms with Crippen LogP contribution in [0.4, 0.5) is 11.4 Å². The highest BCUT2D eigenvalue weighted by Crippen LogP contribution is 2.20. The number of carboxylic acid groups (broad SMARTS) is 2. The molecule has 32 heavy (non-hydrogen) atoms. The van der Waals surface area contributed by atoms with Gasteiger partial charge in [-0.1, -0.05) is 19.9 Å². The summed E-state index contributed by atoms with van der Waals surface area (Å²) in [7, 11) is 0. The fourth-order valence-corrected chi connectivity index (χ4v) is 2.68. The van der Waals surface area contributed by atoms with Crippen molar-refractivity contribution >= 4 is 41.0 Å². The Bertz CT molecular complexity index is 872. The van der Waals surface area contributed by atoms with Crippen LogP contribution in [0.15, 0.2) is 29.6 Å². The summed E-state index contributed by atoms with van der Waals surface area (Å²) >= 11 is 0. The first-order chi connectivity index (χ1) is 14.9. The lowest BCUT2D eigenvalue weighted by Gasteiger charge is -2.24. The van der Waals surface area contributed by atoms with Crippen molar-refractivity contribution in [1.29, 1.82) is 0 Å². The van der Waals surface area contributed by atoms with Crippen LogP contribution in [-0.4, -0.2) is 58.5 Å². The van der Waals surface area contributed by atoms with E-state index < -0.39 is 60.6 Å². The van der Waals surface area contributed by atoms with Gasteiger partial charge in [-0.05, 0) is 24.1 Å². The Morgan fingerprint density at radius 3 is 2.19 bits per heavy atom. The molecule has 0 aliphatic rings. The summed E-state index contributed by atoms with van der Waals surface area (Å²) in [6, 6.07) is 3.24. The van der Waals surface area contributed by atoms with Gasteiger partial charge in [0.25, 0.3) is 0 Å². The van der Waals surface area contributed by atoms with Crippen LogP contribution in [0.5, 0.6) is 0 Å². The van der Waals surface area contributed by atoms with Crippen molar-refractivity contribution in [3.8, 4) is 0 Å². The molecular formula is C19H25N5O8. The topological polar surface area (TPSA) is 195 Å². The number of aliphatic carboxylic acids is 2. The zero-order valence-corrected chi connectivity index (χ0v) is 17.7. The maximum atomic E-state index is 12.8. The summed E-state index contributed by atoms with van der Waals surface area (Å²) in [5.41, 5.74) is 0.327. The van der Waals surface area contributed by atoms with Gasteiger partial charge in [-0.2, -0.15) is 0 Å². The molecule has 0 aliphatic carbocycles. The molecule has 0 heterocycles. The fraction of sp³-hybridized carbons (Fsp3) is 0.421. The SMILES string of the molecule is CC(=O)N[C@@H](CC(=O)O)C(=O)N[C@H](C(=O)Nc1cccc(N(CC(=O)O)N=O)c1)C(C)C. The van der Waals surface area contributed by atoms with Gasteiger partial charge in [0.05, 0.1) is 17.4 Å². The lowest BCUT2D eigenvalue weighted by Crippen LogP contribution is -2.54. The third kappa shape index (κ3) is 8.38. The number of amides is 3. The van der Waals surface area contributed by atoms with E-state index in [9.17, 15) is 28.9 Å². The highest BCUT2D eigenvalue weighted by atomic mass is 16.4. The zero-order valence-electron chi connectivity index (χ0n) is 17.7. The first kappa shape index (κ1) is 26.0. The molecule has 1 aromatic carbocycles. The van der Waals surface area contributed by atoms with Crippen LogP contribution in [-0.2, 0) is 24.0 Å². The average molecular weight is 451 g/mol. The molecule has 174 valence electrons. The predicted octanol–water partition coefficient (Wildman–Crippen LogP) is 0.318. The van der Waals surface area contributed by atoms with Crippen LogP contribution >= 0.6 is 0 Å². The highest BCUT2D eigenvalue weighted by molar-refractivity contribution is 5.99. The van der Waals surface area contributed by atoms with Gasteiger partial charge in [-0.25, -0.2) is 5.01 Å². The molecule has 1 rings (SSSR count). The minimum atomic E-state index is -1.37. The molecule has 0 spiro atoms. The molecule has 1 aromatic rings. The number of anilines is 2. The Kier molecular flexibility index (Phi) is 9.73. The molecule has 0 saturated heterocycles. The molecule has 0 bridgehead atoms. The van der Waals surface area contributed by atoms with Crippen molar-refractivity contribution in [2.45, 2.75) is 39.3 Å². The molecule has 0 aromatic heterocycles. The lowest BCUT2D eigenvalue weighted by molar-refractivity contribution is -0.141. The van der Waals surface area contributed by atoms with Crippen molar-refractivity contribution in [3.63, 3.8) is 0 Å². The third-order valence-corrected chi connectivity index (χ3v) is 4.11. The van der Waals surface area contributed by atoms with Crippen molar-refractivity contribution in [3.05, 3.63) is 29.2 Å². The van der Waals surface area contributed by atoms with Crippen molar-refractivity contribution < 1.29 is 34.2 Å². The standard InChI is InChI=1S/C19H25N5O8/c1-10(2)17(22-18(30)14(8-15(26)27)20-11(3)25)19(31)21-12-5-4-6-13(7-12)24(23-32)9-16(28)29/h4-7,10,14,17H,8-9H2,1-3H3,(H,20,25)(H,21,31)(H,22,30)(H,26,27)(H,28,29)/t14-,17-/m0/s1. The number of benzene rings is 1. The molecule has 0 saturated carbocycles. The van der Waals surface area contributed by atoms with Gasteiger partial charge in [0, 0.05) is 12.6 Å². The minimum Gasteiger partial charge on any atom is -0.481 e. The summed E-state index contributed by atoms with van der Waals surface area (Å²) in [6.45, 7) is 3.75. The highest BCUT2D eigenvalue weighted by Gasteiger charge is 2.29. The Morgan fingerprint density at radius 1 is 1.03 bits per heavy atom. The van der Waals surface area contributed by atoms with E-state index in [1.54, 1.807) is 13.8 Å². The van der Waals surface area contributed by atoms with Gasteiger partial charge in [-0.15, -0.1) is 4.91 Å². The van der Waals surface area contributed by atoms with Crippen LogP contribution in [0.25, 0.3) is 0 Å². The first-order valence-electron chi connectivity index (χ1n) is 9.47. The molecule has 0 fully saturated rings. The summed E-state index contributed by atoms with van der Waals surface area (Å²) in [6.07, 6.45) is -0.669. The Hall–Kier alpha value is -4.03. The molecule has 0 radical (unpaired) electrons. The van der Waals surface area contributed by atoms with Gasteiger partial charge in [0.2, 0.25) is 17.7 Å². The smallest absolute Gasteiger partial charge is 0.325 e. The van der Waals surface area contributed by atoms with Crippen molar-refractivity contribution in [2.24, 2.45) is 11.2 Å². The number of carbonyl (C=O) groups excluding carboxylic acids is 3. The molecule has 3 amide bonds. The van der Waals surface area contributed by atoms with Gasteiger partial charge >= 0.3 is 11.9 Å². The third-order valence-electron chi connectivity index (χ3n) is 4.11. The van der Waals surface area contributed by atoms with E-state index in [0.717, 1.165) is 6.92 Å².